The highest BCUT2D eigenvalue weighted by atomic mass is 35.5. The summed E-state index contributed by atoms with van der Waals surface area (Å²) < 4.78 is 0. The van der Waals surface area contributed by atoms with Crippen LogP contribution in [0.3, 0.4) is 0 Å². The first-order valence-electron chi connectivity index (χ1n) is 6.98. The van der Waals surface area contributed by atoms with E-state index in [-0.39, 0.29) is 5.91 Å². The van der Waals surface area contributed by atoms with E-state index in [4.69, 9.17) is 17.3 Å². The Kier molecular flexibility index (Phi) is 7.34. The lowest BCUT2D eigenvalue weighted by Crippen LogP contribution is -2.11. The standard InChI is InChI=1S/C15H23ClN2O/c1-2-3-4-5-6-7-8-15(19)18-14-11-12(17)9-10-13(14)16/h9-11H,2-8,17H2,1H3,(H,18,19). The van der Waals surface area contributed by atoms with Crippen molar-refractivity contribution < 1.29 is 4.79 Å². The summed E-state index contributed by atoms with van der Waals surface area (Å²) in [5.41, 5.74) is 6.85. The van der Waals surface area contributed by atoms with Crippen LogP contribution in [0.25, 0.3) is 0 Å². The van der Waals surface area contributed by atoms with E-state index in [1.54, 1.807) is 18.2 Å². The molecule has 0 spiro atoms. The predicted octanol–water partition coefficient (Wildman–Crippen LogP) is 4.61. The number of hydrogen-bond donors (Lipinski definition) is 2. The first-order chi connectivity index (χ1) is 9.13. The first-order valence-corrected chi connectivity index (χ1v) is 7.36. The molecule has 1 aromatic carbocycles. The molecule has 19 heavy (non-hydrogen) atoms. The molecule has 0 fully saturated rings. The van der Waals surface area contributed by atoms with E-state index in [1.807, 2.05) is 0 Å². The summed E-state index contributed by atoms with van der Waals surface area (Å²) in [6, 6.07) is 5.09. The van der Waals surface area contributed by atoms with Crippen LogP contribution in [0.4, 0.5) is 11.4 Å². The van der Waals surface area contributed by atoms with Gasteiger partial charge in [0.2, 0.25) is 5.91 Å². The van der Waals surface area contributed by atoms with Gasteiger partial charge in [0, 0.05) is 12.1 Å². The van der Waals surface area contributed by atoms with Gasteiger partial charge in [0.05, 0.1) is 10.7 Å². The SMILES string of the molecule is CCCCCCCCC(=O)Nc1cc(N)ccc1Cl. The molecule has 0 aliphatic carbocycles. The van der Waals surface area contributed by atoms with Crippen molar-refractivity contribution in [3.05, 3.63) is 23.2 Å². The van der Waals surface area contributed by atoms with Crippen molar-refractivity contribution in [3.8, 4) is 0 Å². The molecule has 0 unspecified atom stereocenters. The van der Waals surface area contributed by atoms with Gasteiger partial charge in [0.1, 0.15) is 0 Å². The zero-order chi connectivity index (χ0) is 14.1. The quantitative estimate of drug-likeness (QED) is 0.540. The van der Waals surface area contributed by atoms with E-state index < -0.39 is 0 Å². The Morgan fingerprint density at radius 3 is 2.63 bits per heavy atom. The van der Waals surface area contributed by atoms with Crippen LogP contribution in [-0.2, 0) is 4.79 Å². The van der Waals surface area contributed by atoms with Crippen molar-refractivity contribution in [2.45, 2.75) is 51.9 Å². The smallest absolute Gasteiger partial charge is 0.224 e. The van der Waals surface area contributed by atoms with Crippen LogP contribution in [0.1, 0.15) is 51.9 Å². The Labute approximate surface area is 120 Å². The van der Waals surface area contributed by atoms with E-state index in [1.165, 1.54) is 25.7 Å². The molecule has 0 aliphatic heterocycles. The van der Waals surface area contributed by atoms with Crippen molar-refractivity contribution in [2.75, 3.05) is 11.1 Å². The summed E-state index contributed by atoms with van der Waals surface area (Å²) in [4.78, 5) is 11.8. The number of unbranched alkanes of at least 4 members (excludes halogenated alkanes) is 5. The third-order valence-corrected chi connectivity index (χ3v) is 3.35. The lowest BCUT2D eigenvalue weighted by Gasteiger charge is -2.08. The van der Waals surface area contributed by atoms with Gasteiger partial charge in [-0.05, 0) is 24.6 Å². The number of amides is 1. The molecule has 0 heterocycles. The molecule has 0 atom stereocenters. The summed E-state index contributed by atoms with van der Waals surface area (Å²) in [6.45, 7) is 2.20. The van der Waals surface area contributed by atoms with Gasteiger partial charge in [-0.15, -0.1) is 0 Å². The fraction of sp³-hybridized carbons (Fsp3) is 0.533. The first kappa shape index (κ1) is 15.8. The van der Waals surface area contributed by atoms with Crippen LogP contribution in [0.2, 0.25) is 5.02 Å². The van der Waals surface area contributed by atoms with E-state index in [0.29, 0.717) is 22.8 Å². The van der Waals surface area contributed by atoms with Crippen molar-refractivity contribution in [1.82, 2.24) is 0 Å². The lowest BCUT2D eigenvalue weighted by atomic mass is 10.1. The average molecular weight is 283 g/mol. The Hall–Kier alpha value is -1.22. The van der Waals surface area contributed by atoms with Gasteiger partial charge in [-0.1, -0.05) is 50.6 Å². The summed E-state index contributed by atoms with van der Waals surface area (Å²) >= 11 is 5.99. The Morgan fingerprint density at radius 1 is 1.21 bits per heavy atom. The van der Waals surface area contributed by atoms with Crippen LogP contribution >= 0.6 is 11.6 Å². The molecule has 0 bridgehead atoms. The Bertz CT molecular complexity index is 407. The molecule has 1 amide bonds. The predicted molar refractivity (Wildman–Crippen MR) is 82.5 cm³/mol. The number of hydrogen-bond acceptors (Lipinski definition) is 2. The number of halogens is 1. The number of carbonyl (C=O) groups excluding carboxylic acids is 1. The average Bonchev–Trinajstić information content (AvgIpc) is 2.38. The van der Waals surface area contributed by atoms with Crippen LogP contribution in [0.15, 0.2) is 18.2 Å². The van der Waals surface area contributed by atoms with E-state index in [9.17, 15) is 4.79 Å². The number of nitrogens with one attached hydrogen (secondary N) is 1. The van der Waals surface area contributed by atoms with Crippen molar-refractivity contribution in [1.29, 1.82) is 0 Å². The Morgan fingerprint density at radius 2 is 1.89 bits per heavy atom. The van der Waals surface area contributed by atoms with Crippen LogP contribution in [0.5, 0.6) is 0 Å². The van der Waals surface area contributed by atoms with Gasteiger partial charge in [0.25, 0.3) is 0 Å². The normalized spacial score (nSPS) is 10.4. The molecule has 4 heteroatoms. The number of rotatable bonds is 8. The highest BCUT2D eigenvalue weighted by molar-refractivity contribution is 6.33. The summed E-state index contributed by atoms with van der Waals surface area (Å²) in [7, 11) is 0. The Balaban J connectivity index is 2.25. The highest BCUT2D eigenvalue weighted by Crippen LogP contribution is 2.24. The number of benzene rings is 1. The number of nitrogens with two attached hydrogens (primary N) is 1. The van der Waals surface area contributed by atoms with Crippen LogP contribution in [-0.4, -0.2) is 5.91 Å². The fourth-order valence-electron chi connectivity index (χ4n) is 1.92. The second kappa shape index (κ2) is 8.81. The minimum Gasteiger partial charge on any atom is -0.399 e. The molecule has 3 nitrogen and oxygen atoms in total. The van der Waals surface area contributed by atoms with Gasteiger partial charge < -0.3 is 11.1 Å². The zero-order valence-corrected chi connectivity index (χ0v) is 12.3. The van der Waals surface area contributed by atoms with Gasteiger partial charge >= 0.3 is 0 Å². The molecule has 3 N–H and O–H groups in total. The minimum absolute atomic E-state index is 0.00277. The molecule has 1 rings (SSSR count). The fourth-order valence-corrected chi connectivity index (χ4v) is 2.08. The monoisotopic (exact) mass is 282 g/mol. The molecule has 0 aromatic heterocycles. The van der Waals surface area contributed by atoms with E-state index in [0.717, 1.165) is 12.8 Å². The largest absolute Gasteiger partial charge is 0.399 e. The summed E-state index contributed by atoms with van der Waals surface area (Å²) in [5.74, 6) is 0.00277. The van der Waals surface area contributed by atoms with Crippen molar-refractivity contribution in [2.24, 2.45) is 0 Å². The number of anilines is 2. The molecule has 1 aromatic rings. The van der Waals surface area contributed by atoms with Crippen LogP contribution in [0, 0.1) is 0 Å². The summed E-state index contributed by atoms with van der Waals surface area (Å²) in [5, 5.41) is 3.32. The third kappa shape index (κ3) is 6.48. The second-order valence-corrected chi connectivity index (χ2v) is 5.21. The lowest BCUT2D eigenvalue weighted by molar-refractivity contribution is -0.116. The van der Waals surface area contributed by atoms with Crippen molar-refractivity contribution in [3.63, 3.8) is 0 Å². The topological polar surface area (TPSA) is 55.1 Å². The van der Waals surface area contributed by atoms with E-state index in [2.05, 4.69) is 12.2 Å². The van der Waals surface area contributed by atoms with Gasteiger partial charge in [-0.2, -0.15) is 0 Å². The molecule has 106 valence electrons. The molecule has 0 aliphatic rings. The third-order valence-electron chi connectivity index (χ3n) is 3.02. The van der Waals surface area contributed by atoms with Crippen molar-refractivity contribution >= 4 is 28.9 Å². The molecule has 0 radical (unpaired) electrons. The van der Waals surface area contributed by atoms with E-state index >= 15 is 0 Å². The molecular weight excluding hydrogens is 260 g/mol. The summed E-state index contributed by atoms with van der Waals surface area (Å²) in [6.07, 6.45) is 7.57. The number of carbonyl (C=O) groups is 1. The molecule has 0 saturated heterocycles. The minimum atomic E-state index is 0.00277. The maximum Gasteiger partial charge on any atom is 0.224 e. The maximum atomic E-state index is 11.8. The van der Waals surface area contributed by atoms with Gasteiger partial charge in [-0.25, -0.2) is 0 Å². The van der Waals surface area contributed by atoms with Crippen LogP contribution < -0.4 is 11.1 Å². The second-order valence-electron chi connectivity index (χ2n) is 4.81. The van der Waals surface area contributed by atoms with Gasteiger partial charge in [-0.3, -0.25) is 4.79 Å². The van der Waals surface area contributed by atoms with Gasteiger partial charge in [0.15, 0.2) is 0 Å². The zero-order valence-electron chi connectivity index (χ0n) is 11.5. The molecular formula is C15H23ClN2O. The molecule has 0 saturated carbocycles. The maximum absolute atomic E-state index is 11.8. The highest BCUT2D eigenvalue weighted by Gasteiger charge is 2.06. The number of nitrogen functional groups attached to an aromatic ring is 1.